The van der Waals surface area contributed by atoms with Gasteiger partial charge in [-0.15, -0.1) is 0 Å². The number of morpholine rings is 1. The van der Waals surface area contributed by atoms with Crippen LogP contribution in [0, 0.1) is 0 Å². The minimum atomic E-state index is -3.58. The van der Waals surface area contributed by atoms with Gasteiger partial charge in [-0.1, -0.05) is 35.5 Å². The van der Waals surface area contributed by atoms with Crippen LogP contribution in [0.4, 0.5) is 0 Å². The van der Waals surface area contributed by atoms with Gasteiger partial charge in [-0.2, -0.15) is 4.31 Å². The Morgan fingerprint density at radius 3 is 2.61 bits per heavy atom. The number of benzene rings is 2. The summed E-state index contributed by atoms with van der Waals surface area (Å²) >= 11 is 7.65. The van der Waals surface area contributed by atoms with Gasteiger partial charge in [0.1, 0.15) is 0 Å². The highest BCUT2D eigenvalue weighted by molar-refractivity contribution is 7.98. The van der Waals surface area contributed by atoms with Gasteiger partial charge < -0.3 is 14.0 Å². The molecule has 1 atom stereocenters. The van der Waals surface area contributed by atoms with Crippen LogP contribution >= 0.6 is 23.4 Å². The molecule has 2 fully saturated rings. The molecule has 33 heavy (non-hydrogen) atoms. The second-order valence-electron chi connectivity index (χ2n) is 8.22. The first-order valence-corrected chi connectivity index (χ1v) is 13.9. The van der Waals surface area contributed by atoms with Crippen LogP contribution in [0.25, 0.3) is 11.0 Å². The quantitative estimate of drug-likeness (QED) is 0.447. The van der Waals surface area contributed by atoms with Crippen LogP contribution in [0.3, 0.4) is 0 Å². The van der Waals surface area contributed by atoms with Crippen LogP contribution < -0.4 is 0 Å². The van der Waals surface area contributed by atoms with E-state index in [2.05, 4.69) is 4.57 Å². The molecule has 0 radical (unpaired) electrons. The van der Waals surface area contributed by atoms with Crippen LogP contribution in [0.5, 0.6) is 0 Å². The Bertz CT molecular complexity index is 1220. The normalized spacial score (nSPS) is 20.0. The molecule has 2 aliphatic rings. The number of nitrogens with zero attached hydrogens (tertiary/aromatic N) is 3. The molecule has 1 aromatic heterocycles. The van der Waals surface area contributed by atoms with Crippen LogP contribution in [-0.2, 0) is 31.8 Å². The van der Waals surface area contributed by atoms with Gasteiger partial charge in [-0.25, -0.2) is 13.4 Å². The smallest absolute Gasteiger partial charge is 0.243 e. The van der Waals surface area contributed by atoms with Crippen molar-refractivity contribution in [3.05, 3.63) is 53.1 Å². The number of imidazole rings is 1. The van der Waals surface area contributed by atoms with Crippen molar-refractivity contribution in [2.45, 2.75) is 41.3 Å². The number of halogens is 1. The number of hydrogen-bond donors (Lipinski definition) is 0. The Morgan fingerprint density at radius 2 is 1.88 bits per heavy atom. The molecule has 0 amide bonds. The summed E-state index contributed by atoms with van der Waals surface area (Å²) in [5, 5.41) is 1.57. The lowest BCUT2D eigenvalue weighted by molar-refractivity contribution is 0.0730. The SMILES string of the molecule is O=S(=O)(c1ccc2c(c1)nc(SCc1ccc(Cl)cc1)n2CC1CCCO1)N1CCOCC1. The van der Waals surface area contributed by atoms with E-state index < -0.39 is 10.0 Å². The van der Waals surface area contributed by atoms with Gasteiger partial charge in [0.15, 0.2) is 5.16 Å². The molecule has 3 heterocycles. The van der Waals surface area contributed by atoms with Crippen LogP contribution in [0.2, 0.25) is 5.02 Å². The van der Waals surface area contributed by atoms with E-state index in [9.17, 15) is 8.42 Å². The molecule has 5 rings (SSSR count). The second kappa shape index (κ2) is 9.93. The Kier molecular flexibility index (Phi) is 6.96. The minimum Gasteiger partial charge on any atom is -0.379 e. The molecule has 0 N–H and O–H groups in total. The van der Waals surface area contributed by atoms with Crippen molar-refractivity contribution in [3.63, 3.8) is 0 Å². The van der Waals surface area contributed by atoms with Crippen molar-refractivity contribution < 1.29 is 17.9 Å². The minimum absolute atomic E-state index is 0.147. The zero-order chi connectivity index (χ0) is 22.8. The fourth-order valence-corrected chi connectivity index (χ4v) is 6.73. The molecular formula is C23H26ClN3O4S2. The molecule has 0 saturated carbocycles. The van der Waals surface area contributed by atoms with E-state index in [1.165, 1.54) is 4.31 Å². The lowest BCUT2D eigenvalue weighted by atomic mass is 10.2. The highest BCUT2D eigenvalue weighted by Crippen LogP contribution is 2.31. The summed E-state index contributed by atoms with van der Waals surface area (Å²) in [7, 11) is -3.58. The Hall–Kier alpha value is -1.62. The second-order valence-corrected chi connectivity index (χ2v) is 11.5. The molecule has 2 aromatic carbocycles. The molecule has 0 spiro atoms. The number of sulfonamides is 1. The summed E-state index contributed by atoms with van der Waals surface area (Å²) in [5.74, 6) is 0.741. The molecule has 10 heteroatoms. The predicted molar refractivity (Wildman–Crippen MR) is 129 cm³/mol. The number of fused-ring (bicyclic) bond motifs is 1. The molecule has 0 aliphatic carbocycles. The maximum atomic E-state index is 13.1. The first-order valence-electron chi connectivity index (χ1n) is 11.1. The number of thioether (sulfide) groups is 1. The van der Waals surface area contributed by atoms with Gasteiger partial charge in [0.05, 0.1) is 41.8 Å². The third-order valence-corrected chi connectivity index (χ3v) is 9.18. The van der Waals surface area contributed by atoms with E-state index in [0.717, 1.165) is 41.4 Å². The summed E-state index contributed by atoms with van der Waals surface area (Å²) in [6.07, 6.45) is 2.23. The lowest BCUT2D eigenvalue weighted by Gasteiger charge is -2.26. The number of aromatic nitrogens is 2. The summed E-state index contributed by atoms with van der Waals surface area (Å²) in [6.45, 7) is 3.07. The van der Waals surface area contributed by atoms with Gasteiger partial charge in [0.25, 0.3) is 0 Å². The van der Waals surface area contributed by atoms with Crippen LogP contribution in [-0.4, -0.2) is 61.3 Å². The van der Waals surface area contributed by atoms with Gasteiger partial charge in [-0.3, -0.25) is 0 Å². The van der Waals surface area contributed by atoms with Crippen LogP contribution in [0.1, 0.15) is 18.4 Å². The number of ether oxygens (including phenoxy) is 2. The van der Waals surface area contributed by atoms with Crippen molar-refractivity contribution >= 4 is 44.4 Å². The molecular weight excluding hydrogens is 482 g/mol. The average Bonchev–Trinajstić information content (AvgIpc) is 3.47. The molecule has 2 aliphatic heterocycles. The van der Waals surface area contributed by atoms with Gasteiger partial charge in [0, 0.05) is 30.5 Å². The fourth-order valence-electron chi connectivity index (χ4n) is 4.19. The van der Waals surface area contributed by atoms with Crippen molar-refractivity contribution in [1.82, 2.24) is 13.9 Å². The van der Waals surface area contributed by atoms with E-state index in [1.807, 2.05) is 30.3 Å². The maximum absolute atomic E-state index is 13.1. The summed E-state index contributed by atoms with van der Waals surface area (Å²) in [4.78, 5) is 5.11. The number of rotatable bonds is 7. The molecule has 7 nitrogen and oxygen atoms in total. The topological polar surface area (TPSA) is 73.7 Å². The summed E-state index contributed by atoms with van der Waals surface area (Å²) < 4.78 is 41.1. The van der Waals surface area contributed by atoms with E-state index in [4.69, 9.17) is 26.1 Å². The standard InChI is InChI=1S/C23H26ClN3O4S2/c24-18-5-3-17(4-6-18)16-32-23-25-21-14-20(33(28,29)26-9-12-30-13-10-26)7-8-22(21)27(23)15-19-2-1-11-31-19/h3-8,14,19H,1-2,9-13,15-16H2. The molecule has 176 valence electrons. The summed E-state index contributed by atoms with van der Waals surface area (Å²) in [5.41, 5.74) is 2.75. The van der Waals surface area contributed by atoms with Crippen molar-refractivity contribution in [2.24, 2.45) is 0 Å². The Balaban J connectivity index is 1.46. The lowest BCUT2D eigenvalue weighted by Crippen LogP contribution is -2.40. The fraction of sp³-hybridized carbons (Fsp3) is 0.435. The molecule has 2 saturated heterocycles. The predicted octanol–water partition coefficient (Wildman–Crippen LogP) is 4.18. The monoisotopic (exact) mass is 507 g/mol. The molecule has 0 bridgehead atoms. The first kappa shape index (κ1) is 23.1. The van der Waals surface area contributed by atoms with Gasteiger partial charge >= 0.3 is 0 Å². The molecule has 1 unspecified atom stereocenters. The first-order chi connectivity index (χ1) is 16.0. The zero-order valence-electron chi connectivity index (χ0n) is 18.2. The van der Waals surface area contributed by atoms with E-state index >= 15 is 0 Å². The molecule has 3 aromatic rings. The van der Waals surface area contributed by atoms with Gasteiger partial charge in [0.2, 0.25) is 10.0 Å². The third-order valence-electron chi connectivity index (χ3n) is 5.98. The summed E-state index contributed by atoms with van der Waals surface area (Å²) in [6, 6.07) is 13.0. The van der Waals surface area contributed by atoms with Gasteiger partial charge in [-0.05, 0) is 48.7 Å². The van der Waals surface area contributed by atoms with E-state index in [0.29, 0.717) is 43.4 Å². The Labute approximate surface area is 203 Å². The van der Waals surface area contributed by atoms with Crippen molar-refractivity contribution in [1.29, 1.82) is 0 Å². The van der Waals surface area contributed by atoms with Crippen molar-refractivity contribution in [3.8, 4) is 0 Å². The van der Waals surface area contributed by atoms with Crippen molar-refractivity contribution in [2.75, 3.05) is 32.9 Å². The zero-order valence-corrected chi connectivity index (χ0v) is 20.5. The van der Waals surface area contributed by atoms with Crippen LogP contribution in [0.15, 0.2) is 52.5 Å². The van der Waals surface area contributed by atoms with E-state index in [1.54, 1.807) is 23.9 Å². The largest absolute Gasteiger partial charge is 0.379 e. The Morgan fingerprint density at radius 1 is 1.09 bits per heavy atom. The van der Waals surface area contributed by atoms with E-state index in [-0.39, 0.29) is 11.0 Å². The highest BCUT2D eigenvalue weighted by Gasteiger charge is 2.27. The number of hydrogen-bond acceptors (Lipinski definition) is 6. The third kappa shape index (κ3) is 5.08. The average molecular weight is 508 g/mol. The highest BCUT2D eigenvalue weighted by atomic mass is 35.5. The maximum Gasteiger partial charge on any atom is 0.243 e.